The van der Waals surface area contributed by atoms with E-state index in [-0.39, 0.29) is 11.8 Å². The summed E-state index contributed by atoms with van der Waals surface area (Å²) in [5.74, 6) is -1.23. The number of hydrogen-bond donors (Lipinski definition) is 1. The summed E-state index contributed by atoms with van der Waals surface area (Å²) in [4.78, 5) is 14.2. The van der Waals surface area contributed by atoms with E-state index in [0.717, 1.165) is 19.2 Å². The van der Waals surface area contributed by atoms with Crippen LogP contribution in [0.25, 0.3) is 0 Å². The molecule has 2 aliphatic heterocycles. The summed E-state index contributed by atoms with van der Waals surface area (Å²) < 4.78 is 27.2. The Morgan fingerprint density at radius 1 is 1.30 bits per heavy atom. The molecule has 0 saturated carbocycles. The molecule has 2 fully saturated rings. The molecule has 3 rings (SSSR count). The third-order valence-corrected chi connectivity index (χ3v) is 4.73. The lowest BCUT2D eigenvalue weighted by Crippen LogP contribution is -2.44. The maximum atomic E-state index is 14.1. The van der Waals surface area contributed by atoms with Gasteiger partial charge in [-0.05, 0) is 37.6 Å². The van der Waals surface area contributed by atoms with Crippen LogP contribution in [0.1, 0.15) is 24.3 Å². The van der Waals surface area contributed by atoms with Crippen LogP contribution >= 0.6 is 0 Å². The summed E-state index contributed by atoms with van der Waals surface area (Å²) in [5, 5.41) is 3.24. The third-order valence-electron chi connectivity index (χ3n) is 4.73. The number of benzene rings is 1. The van der Waals surface area contributed by atoms with Crippen LogP contribution in [0.3, 0.4) is 0 Å². The van der Waals surface area contributed by atoms with Crippen molar-refractivity contribution in [1.29, 1.82) is 0 Å². The van der Waals surface area contributed by atoms with E-state index in [1.54, 1.807) is 11.9 Å². The largest absolute Gasteiger partial charge is 0.345 e. The first-order valence-corrected chi connectivity index (χ1v) is 6.96. The van der Waals surface area contributed by atoms with E-state index in [1.165, 1.54) is 12.1 Å². The van der Waals surface area contributed by atoms with E-state index in [1.807, 2.05) is 0 Å². The molecule has 2 saturated heterocycles. The van der Waals surface area contributed by atoms with Crippen molar-refractivity contribution >= 4 is 5.91 Å². The molecule has 3 nitrogen and oxygen atoms in total. The van der Waals surface area contributed by atoms with Gasteiger partial charge < -0.3 is 10.2 Å². The predicted octanol–water partition coefficient (Wildman–Crippen LogP) is 1.89. The van der Waals surface area contributed by atoms with Crippen LogP contribution in [0.2, 0.25) is 0 Å². The van der Waals surface area contributed by atoms with Gasteiger partial charge in [0.25, 0.3) is 0 Å². The molecule has 108 valence electrons. The molecular weight excluding hydrogens is 262 g/mol. The Balaban J connectivity index is 2.04. The second kappa shape index (κ2) is 4.81. The van der Waals surface area contributed by atoms with Crippen molar-refractivity contribution < 1.29 is 13.6 Å². The number of likely N-dealkylation sites (tertiary alicyclic amines) is 1. The van der Waals surface area contributed by atoms with E-state index in [4.69, 9.17) is 0 Å². The first-order chi connectivity index (χ1) is 9.54. The fraction of sp³-hybridized carbons (Fsp3) is 0.533. The molecule has 1 unspecified atom stereocenters. The monoisotopic (exact) mass is 280 g/mol. The second-order valence-corrected chi connectivity index (χ2v) is 5.81. The van der Waals surface area contributed by atoms with Gasteiger partial charge in [-0.25, -0.2) is 8.78 Å². The number of nitrogens with one attached hydrogen (secondary N) is 1. The minimum Gasteiger partial charge on any atom is -0.345 e. The molecule has 0 radical (unpaired) electrons. The summed E-state index contributed by atoms with van der Waals surface area (Å²) in [6.45, 7) is 2.03. The summed E-state index contributed by atoms with van der Waals surface area (Å²) in [7, 11) is 1.76. The average Bonchev–Trinajstić information content (AvgIpc) is 2.66. The quantitative estimate of drug-likeness (QED) is 0.852. The highest BCUT2D eigenvalue weighted by Crippen LogP contribution is 2.49. The zero-order valence-corrected chi connectivity index (χ0v) is 11.5. The third kappa shape index (κ3) is 1.92. The molecule has 0 bridgehead atoms. The zero-order valence-electron chi connectivity index (χ0n) is 11.5. The van der Waals surface area contributed by atoms with Crippen LogP contribution < -0.4 is 5.32 Å². The molecule has 0 aliphatic carbocycles. The van der Waals surface area contributed by atoms with Crippen LogP contribution in [0, 0.1) is 17.0 Å². The standard InChI is InChI=1S/C15H18F2N2O/c1-19-9-12(11-3-2-10(16)8-13(11)17)15(14(19)20)4-6-18-7-5-15/h2-3,8,12,18H,4-7,9H2,1H3. The molecule has 1 aromatic rings. The highest BCUT2D eigenvalue weighted by molar-refractivity contribution is 5.86. The zero-order chi connectivity index (χ0) is 14.3. The van der Waals surface area contributed by atoms with Gasteiger partial charge in [-0.15, -0.1) is 0 Å². The molecule has 20 heavy (non-hydrogen) atoms. The summed E-state index contributed by atoms with van der Waals surface area (Å²) in [6, 6.07) is 3.68. The van der Waals surface area contributed by atoms with Gasteiger partial charge in [0.2, 0.25) is 5.91 Å². The number of amides is 1. The van der Waals surface area contributed by atoms with Gasteiger partial charge >= 0.3 is 0 Å². The van der Waals surface area contributed by atoms with E-state index in [9.17, 15) is 13.6 Å². The Morgan fingerprint density at radius 3 is 2.65 bits per heavy atom. The molecule has 1 aromatic carbocycles. The van der Waals surface area contributed by atoms with Crippen molar-refractivity contribution in [2.75, 3.05) is 26.7 Å². The number of likely N-dealkylation sites (N-methyl/N-ethyl adjacent to an activating group) is 1. The van der Waals surface area contributed by atoms with Gasteiger partial charge in [0.05, 0.1) is 5.41 Å². The van der Waals surface area contributed by atoms with Crippen molar-refractivity contribution in [3.8, 4) is 0 Å². The normalized spacial score (nSPS) is 25.4. The summed E-state index contributed by atoms with van der Waals surface area (Å²) in [6.07, 6.45) is 1.41. The van der Waals surface area contributed by atoms with Gasteiger partial charge in [-0.3, -0.25) is 4.79 Å². The van der Waals surface area contributed by atoms with E-state index in [2.05, 4.69) is 5.32 Å². The molecule has 5 heteroatoms. The molecule has 1 atom stereocenters. The Kier molecular flexibility index (Phi) is 3.24. The van der Waals surface area contributed by atoms with Gasteiger partial charge in [0.1, 0.15) is 11.6 Å². The number of piperidine rings is 1. The van der Waals surface area contributed by atoms with Crippen LogP contribution in [0.4, 0.5) is 8.78 Å². The summed E-state index contributed by atoms with van der Waals surface area (Å²) in [5.41, 5.74) is -0.0652. The van der Waals surface area contributed by atoms with E-state index < -0.39 is 17.0 Å². The molecular formula is C15H18F2N2O. The maximum absolute atomic E-state index is 14.1. The SMILES string of the molecule is CN1CC(c2ccc(F)cc2F)C2(CCNCC2)C1=O. The van der Waals surface area contributed by atoms with Gasteiger partial charge in [-0.1, -0.05) is 6.07 Å². The number of hydrogen-bond acceptors (Lipinski definition) is 2. The molecule has 0 aromatic heterocycles. The second-order valence-electron chi connectivity index (χ2n) is 5.81. The Labute approximate surface area is 117 Å². The lowest BCUT2D eigenvalue weighted by molar-refractivity contribution is -0.136. The Morgan fingerprint density at radius 2 is 2.00 bits per heavy atom. The van der Waals surface area contributed by atoms with E-state index >= 15 is 0 Å². The molecule has 1 amide bonds. The van der Waals surface area contributed by atoms with Crippen LogP contribution in [-0.4, -0.2) is 37.5 Å². The molecule has 2 aliphatic rings. The van der Waals surface area contributed by atoms with Crippen molar-refractivity contribution in [1.82, 2.24) is 10.2 Å². The van der Waals surface area contributed by atoms with Crippen LogP contribution in [-0.2, 0) is 4.79 Å². The number of halogens is 2. The molecule has 1 spiro atoms. The van der Waals surface area contributed by atoms with Crippen molar-refractivity contribution in [2.45, 2.75) is 18.8 Å². The van der Waals surface area contributed by atoms with Crippen LogP contribution in [0.5, 0.6) is 0 Å². The van der Waals surface area contributed by atoms with Crippen molar-refractivity contribution in [2.24, 2.45) is 5.41 Å². The summed E-state index contributed by atoms with van der Waals surface area (Å²) >= 11 is 0. The van der Waals surface area contributed by atoms with Crippen LogP contribution in [0.15, 0.2) is 18.2 Å². The topological polar surface area (TPSA) is 32.3 Å². The minimum absolute atomic E-state index is 0.0905. The Bertz CT molecular complexity index is 541. The number of nitrogens with zero attached hydrogens (tertiary/aromatic N) is 1. The lowest BCUT2D eigenvalue weighted by Gasteiger charge is -2.36. The fourth-order valence-electron chi connectivity index (χ4n) is 3.68. The van der Waals surface area contributed by atoms with E-state index in [0.29, 0.717) is 24.9 Å². The highest BCUT2D eigenvalue weighted by atomic mass is 19.1. The first-order valence-electron chi connectivity index (χ1n) is 6.96. The smallest absolute Gasteiger partial charge is 0.229 e. The lowest BCUT2D eigenvalue weighted by atomic mass is 9.68. The number of carbonyl (C=O) groups is 1. The first kappa shape index (κ1) is 13.5. The Hall–Kier alpha value is -1.49. The minimum atomic E-state index is -0.580. The molecule has 2 heterocycles. The average molecular weight is 280 g/mol. The molecule has 1 N–H and O–H groups in total. The predicted molar refractivity (Wildman–Crippen MR) is 71.3 cm³/mol. The highest BCUT2D eigenvalue weighted by Gasteiger charge is 2.53. The maximum Gasteiger partial charge on any atom is 0.229 e. The van der Waals surface area contributed by atoms with Crippen molar-refractivity contribution in [3.63, 3.8) is 0 Å². The van der Waals surface area contributed by atoms with Gasteiger partial charge in [0, 0.05) is 25.6 Å². The van der Waals surface area contributed by atoms with Crippen molar-refractivity contribution in [3.05, 3.63) is 35.4 Å². The van der Waals surface area contributed by atoms with Gasteiger partial charge in [0.15, 0.2) is 0 Å². The number of rotatable bonds is 1. The fourth-order valence-corrected chi connectivity index (χ4v) is 3.68. The van der Waals surface area contributed by atoms with Gasteiger partial charge in [-0.2, -0.15) is 0 Å². The number of carbonyl (C=O) groups excluding carboxylic acids is 1.